The molecule has 2 N–H and O–H groups in total. The van der Waals surface area contributed by atoms with Crippen LogP contribution in [0.15, 0.2) is 18.2 Å². The quantitative estimate of drug-likeness (QED) is 0.591. The Morgan fingerprint density at radius 2 is 1.95 bits per heavy atom. The van der Waals surface area contributed by atoms with Crippen LogP contribution in [0.2, 0.25) is 0 Å². The molecular formula is C13H17NO5. The Balaban J connectivity index is 2.58. The SMILES string of the molecule is COC(=O)CCCOc1ccc(C(N)=O)cc1OC. The van der Waals surface area contributed by atoms with Gasteiger partial charge in [0.05, 0.1) is 20.8 Å². The van der Waals surface area contributed by atoms with Crippen molar-refractivity contribution < 1.29 is 23.8 Å². The summed E-state index contributed by atoms with van der Waals surface area (Å²) < 4.78 is 15.1. The van der Waals surface area contributed by atoms with E-state index in [1.54, 1.807) is 12.1 Å². The van der Waals surface area contributed by atoms with Crippen molar-refractivity contribution in [2.45, 2.75) is 12.8 Å². The normalized spacial score (nSPS) is 9.79. The Kier molecular flexibility index (Phi) is 5.66. The summed E-state index contributed by atoms with van der Waals surface area (Å²) in [6.07, 6.45) is 0.825. The van der Waals surface area contributed by atoms with Crippen LogP contribution >= 0.6 is 0 Å². The molecule has 6 heteroatoms. The lowest BCUT2D eigenvalue weighted by Crippen LogP contribution is -2.11. The molecule has 1 rings (SSSR count). The molecule has 104 valence electrons. The van der Waals surface area contributed by atoms with Crippen molar-refractivity contribution in [2.75, 3.05) is 20.8 Å². The van der Waals surface area contributed by atoms with E-state index in [2.05, 4.69) is 4.74 Å². The average molecular weight is 267 g/mol. The fourth-order valence-corrected chi connectivity index (χ4v) is 1.44. The zero-order chi connectivity index (χ0) is 14.3. The minimum absolute atomic E-state index is 0.278. The maximum Gasteiger partial charge on any atom is 0.305 e. The van der Waals surface area contributed by atoms with Crippen LogP contribution in [0.5, 0.6) is 11.5 Å². The fraction of sp³-hybridized carbons (Fsp3) is 0.385. The van der Waals surface area contributed by atoms with E-state index in [0.717, 1.165) is 0 Å². The van der Waals surface area contributed by atoms with Crippen molar-refractivity contribution in [3.8, 4) is 11.5 Å². The lowest BCUT2D eigenvalue weighted by molar-refractivity contribution is -0.140. The maximum atomic E-state index is 11.0. The standard InChI is InChI=1S/C13H17NO5/c1-17-11-8-9(13(14)16)5-6-10(11)19-7-3-4-12(15)18-2/h5-6,8H,3-4,7H2,1-2H3,(H2,14,16). The van der Waals surface area contributed by atoms with Crippen LogP contribution < -0.4 is 15.2 Å². The summed E-state index contributed by atoms with van der Waals surface area (Å²) in [4.78, 5) is 21.9. The first-order valence-corrected chi connectivity index (χ1v) is 5.76. The molecule has 0 saturated heterocycles. The second-order valence-corrected chi connectivity index (χ2v) is 3.76. The zero-order valence-electron chi connectivity index (χ0n) is 11.0. The number of carbonyl (C=O) groups is 2. The van der Waals surface area contributed by atoms with Gasteiger partial charge in [-0.1, -0.05) is 0 Å². The number of nitrogens with two attached hydrogens (primary N) is 1. The molecule has 1 aromatic rings. The molecule has 6 nitrogen and oxygen atoms in total. The number of carbonyl (C=O) groups excluding carboxylic acids is 2. The van der Waals surface area contributed by atoms with E-state index < -0.39 is 5.91 Å². The van der Waals surface area contributed by atoms with Crippen LogP contribution in [0.1, 0.15) is 23.2 Å². The Hall–Kier alpha value is -2.24. The molecule has 0 aliphatic heterocycles. The van der Waals surface area contributed by atoms with Crippen molar-refractivity contribution in [1.29, 1.82) is 0 Å². The summed E-state index contributed by atoms with van der Waals surface area (Å²) in [6, 6.07) is 4.68. The fourth-order valence-electron chi connectivity index (χ4n) is 1.44. The van der Waals surface area contributed by atoms with E-state index in [1.165, 1.54) is 20.3 Å². The Bertz CT molecular complexity index is 458. The van der Waals surface area contributed by atoms with Crippen molar-refractivity contribution in [3.63, 3.8) is 0 Å². The zero-order valence-corrected chi connectivity index (χ0v) is 11.0. The van der Waals surface area contributed by atoms with Gasteiger partial charge in [-0.05, 0) is 24.6 Å². The van der Waals surface area contributed by atoms with E-state index >= 15 is 0 Å². The molecular weight excluding hydrogens is 250 g/mol. The average Bonchev–Trinajstić information content (AvgIpc) is 2.42. The van der Waals surface area contributed by atoms with E-state index in [4.69, 9.17) is 15.2 Å². The molecule has 0 spiro atoms. The van der Waals surface area contributed by atoms with Gasteiger partial charge in [-0.2, -0.15) is 0 Å². The Morgan fingerprint density at radius 1 is 1.21 bits per heavy atom. The molecule has 0 fully saturated rings. The lowest BCUT2D eigenvalue weighted by atomic mass is 10.2. The van der Waals surface area contributed by atoms with Crippen molar-refractivity contribution in [3.05, 3.63) is 23.8 Å². The maximum absolute atomic E-state index is 11.0. The number of rotatable bonds is 7. The molecule has 0 unspecified atom stereocenters. The van der Waals surface area contributed by atoms with Crippen LogP contribution in [0, 0.1) is 0 Å². The van der Waals surface area contributed by atoms with Gasteiger partial charge in [-0.3, -0.25) is 9.59 Å². The largest absolute Gasteiger partial charge is 0.493 e. The molecule has 19 heavy (non-hydrogen) atoms. The molecule has 0 heterocycles. The summed E-state index contributed by atoms with van der Waals surface area (Å²) in [5.41, 5.74) is 5.52. The first-order valence-electron chi connectivity index (χ1n) is 5.76. The van der Waals surface area contributed by atoms with Crippen molar-refractivity contribution in [2.24, 2.45) is 5.73 Å². The molecule has 0 aliphatic rings. The van der Waals surface area contributed by atoms with Crippen LogP contribution in [-0.4, -0.2) is 32.7 Å². The monoisotopic (exact) mass is 267 g/mol. The number of amides is 1. The highest BCUT2D eigenvalue weighted by molar-refractivity contribution is 5.93. The van der Waals surface area contributed by atoms with Gasteiger partial charge in [0.25, 0.3) is 0 Å². The van der Waals surface area contributed by atoms with Crippen molar-refractivity contribution in [1.82, 2.24) is 0 Å². The van der Waals surface area contributed by atoms with Gasteiger partial charge in [0.15, 0.2) is 11.5 Å². The van der Waals surface area contributed by atoms with E-state index in [0.29, 0.717) is 30.1 Å². The van der Waals surface area contributed by atoms with Gasteiger partial charge < -0.3 is 19.9 Å². The first-order chi connectivity index (χ1) is 9.08. The summed E-state index contributed by atoms with van der Waals surface area (Å²) >= 11 is 0. The van der Waals surface area contributed by atoms with E-state index in [9.17, 15) is 9.59 Å². The summed E-state index contributed by atoms with van der Waals surface area (Å²) in [5, 5.41) is 0. The Labute approximate surface area is 111 Å². The van der Waals surface area contributed by atoms with Gasteiger partial charge in [0.1, 0.15) is 0 Å². The number of hydrogen-bond donors (Lipinski definition) is 1. The predicted molar refractivity (Wildman–Crippen MR) is 68.3 cm³/mol. The van der Waals surface area contributed by atoms with Gasteiger partial charge >= 0.3 is 5.97 Å². The molecule has 0 saturated carbocycles. The third-order valence-electron chi connectivity index (χ3n) is 2.46. The second kappa shape index (κ2) is 7.25. The highest BCUT2D eigenvalue weighted by Crippen LogP contribution is 2.28. The van der Waals surface area contributed by atoms with Crippen LogP contribution in [-0.2, 0) is 9.53 Å². The van der Waals surface area contributed by atoms with Crippen LogP contribution in [0.4, 0.5) is 0 Å². The first kappa shape index (κ1) is 14.8. The molecule has 0 atom stereocenters. The molecule has 0 aliphatic carbocycles. The van der Waals surface area contributed by atoms with Crippen molar-refractivity contribution >= 4 is 11.9 Å². The van der Waals surface area contributed by atoms with Crippen LogP contribution in [0.25, 0.3) is 0 Å². The minimum atomic E-state index is -0.532. The number of benzene rings is 1. The summed E-state index contributed by atoms with van der Waals surface area (Å²) in [7, 11) is 2.82. The highest BCUT2D eigenvalue weighted by Gasteiger charge is 2.09. The molecule has 0 aromatic heterocycles. The molecule has 1 aromatic carbocycles. The number of ether oxygens (including phenoxy) is 3. The molecule has 0 radical (unpaired) electrons. The summed E-state index contributed by atoms with van der Waals surface area (Å²) in [5.74, 6) is 0.113. The van der Waals surface area contributed by atoms with Gasteiger partial charge in [0, 0.05) is 12.0 Å². The number of methoxy groups -OCH3 is 2. The smallest absolute Gasteiger partial charge is 0.305 e. The summed E-state index contributed by atoms with van der Waals surface area (Å²) in [6.45, 7) is 0.349. The van der Waals surface area contributed by atoms with E-state index in [1.807, 2.05) is 0 Å². The van der Waals surface area contributed by atoms with Gasteiger partial charge in [0.2, 0.25) is 5.91 Å². The lowest BCUT2D eigenvalue weighted by Gasteiger charge is -2.11. The third-order valence-corrected chi connectivity index (χ3v) is 2.46. The molecule has 1 amide bonds. The second-order valence-electron chi connectivity index (χ2n) is 3.76. The van der Waals surface area contributed by atoms with Gasteiger partial charge in [-0.25, -0.2) is 0 Å². The third kappa shape index (κ3) is 4.50. The minimum Gasteiger partial charge on any atom is -0.493 e. The van der Waals surface area contributed by atoms with Crippen LogP contribution in [0.3, 0.4) is 0 Å². The molecule has 0 bridgehead atoms. The Morgan fingerprint density at radius 3 is 2.53 bits per heavy atom. The number of primary amides is 1. The topological polar surface area (TPSA) is 87.9 Å². The van der Waals surface area contributed by atoms with Gasteiger partial charge in [-0.15, -0.1) is 0 Å². The highest BCUT2D eigenvalue weighted by atomic mass is 16.5. The number of esters is 1. The van der Waals surface area contributed by atoms with E-state index in [-0.39, 0.29) is 12.4 Å². The number of hydrogen-bond acceptors (Lipinski definition) is 5. The predicted octanol–water partition coefficient (Wildman–Crippen LogP) is 1.13.